The van der Waals surface area contributed by atoms with Crippen molar-refractivity contribution in [2.24, 2.45) is 0 Å². The second-order valence-electron chi connectivity index (χ2n) is 5.33. The molecule has 110 valence electrons. The quantitative estimate of drug-likeness (QED) is 0.633. The van der Waals surface area contributed by atoms with Crippen LogP contribution < -0.4 is 0 Å². The van der Waals surface area contributed by atoms with Gasteiger partial charge in [0.05, 0.1) is 17.7 Å². The SMILES string of the molecule is CSC(=S)OC1(CN2C(=O)c3ccccc3C2=O)CCC1. The molecule has 0 spiro atoms. The molecule has 1 fully saturated rings. The number of imide groups is 1. The van der Waals surface area contributed by atoms with Gasteiger partial charge in [-0.05, 0) is 49.9 Å². The third-order valence-electron chi connectivity index (χ3n) is 4.06. The summed E-state index contributed by atoms with van der Waals surface area (Å²) in [6.45, 7) is 0.278. The third-order valence-corrected chi connectivity index (χ3v) is 5.06. The van der Waals surface area contributed by atoms with E-state index in [1.165, 1.54) is 16.7 Å². The van der Waals surface area contributed by atoms with Crippen LogP contribution in [0.15, 0.2) is 24.3 Å². The minimum atomic E-state index is -0.493. The molecule has 1 aromatic rings. The average molecular weight is 321 g/mol. The standard InChI is InChI=1S/C15H15NO3S2/c1-21-14(20)19-15(7-4-8-15)9-16-12(17)10-5-2-3-6-11(10)13(16)18/h2-3,5-6H,4,7-9H2,1H3. The van der Waals surface area contributed by atoms with Crippen LogP contribution >= 0.6 is 24.0 Å². The first-order chi connectivity index (χ1) is 10.1. The molecular formula is C15H15NO3S2. The lowest BCUT2D eigenvalue weighted by atomic mass is 9.79. The van der Waals surface area contributed by atoms with E-state index < -0.39 is 5.60 Å². The Bertz CT molecular complexity index is 590. The second kappa shape index (κ2) is 5.42. The number of thiocarbonyl (C=S) groups is 1. The zero-order valence-corrected chi connectivity index (χ0v) is 13.3. The summed E-state index contributed by atoms with van der Waals surface area (Å²) in [6.07, 6.45) is 4.53. The molecule has 1 aromatic carbocycles. The van der Waals surface area contributed by atoms with E-state index in [0.29, 0.717) is 15.5 Å². The van der Waals surface area contributed by atoms with Crippen LogP contribution in [0.4, 0.5) is 0 Å². The van der Waals surface area contributed by atoms with E-state index in [0.717, 1.165) is 19.3 Å². The number of amides is 2. The number of hydrogen-bond acceptors (Lipinski definition) is 5. The van der Waals surface area contributed by atoms with Gasteiger partial charge in [-0.2, -0.15) is 0 Å². The maximum absolute atomic E-state index is 12.4. The minimum absolute atomic E-state index is 0.236. The van der Waals surface area contributed by atoms with Gasteiger partial charge in [0.15, 0.2) is 0 Å². The van der Waals surface area contributed by atoms with E-state index in [9.17, 15) is 9.59 Å². The van der Waals surface area contributed by atoms with Crippen LogP contribution in [0.1, 0.15) is 40.0 Å². The molecule has 2 amide bonds. The smallest absolute Gasteiger partial charge is 0.261 e. The molecule has 0 radical (unpaired) electrons. The van der Waals surface area contributed by atoms with Crippen molar-refractivity contribution >= 4 is 40.2 Å². The highest BCUT2D eigenvalue weighted by Gasteiger charge is 2.46. The maximum Gasteiger partial charge on any atom is 0.261 e. The third kappa shape index (κ3) is 2.46. The van der Waals surface area contributed by atoms with Crippen LogP contribution in [-0.2, 0) is 4.74 Å². The molecule has 0 saturated heterocycles. The number of thioether (sulfide) groups is 1. The van der Waals surface area contributed by atoms with Gasteiger partial charge in [0.25, 0.3) is 11.8 Å². The van der Waals surface area contributed by atoms with Gasteiger partial charge in [0.2, 0.25) is 4.38 Å². The molecular weight excluding hydrogens is 306 g/mol. The summed E-state index contributed by atoms with van der Waals surface area (Å²) in [5.41, 5.74) is 0.460. The minimum Gasteiger partial charge on any atom is -0.470 e. The van der Waals surface area contributed by atoms with Crippen molar-refractivity contribution < 1.29 is 14.3 Å². The van der Waals surface area contributed by atoms with Crippen LogP contribution in [0.25, 0.3) is 0 Å². The Kier molecular flexibility index (Phi) is 3.75. The van der Waals surface area contributed by atoms with Crippen molar-refractivity contribution in [1.29, 1.82) is 0 Å². The summed E-state index contributed by atoms with van der Waals surface area (Å²) in [7, 11) is 0. The topological polar surface area (TPSA) is 46.6 Å². The fraction of sp³-hybridized carbons (Fsp3) is 0.400. The molecule has 0 aromatic heterocycles. The van der Waals surface area contributed by atoms with Crippen molar-refractivity contribution in [2.45, 2.75) is 24.9 Å². The number of ether oxygens (including phenoxy) is 1. The summed E-state index contributed by atoms with van der Waals surface area (Å²) < 4.78 is 6.29. The Balaban J connectivity index is 1.81. The summed E-state index contributed by atoms with van der Waals surface area (Å²) in [4.78, 5) is 26.1. The first-order valence-electron chi connectivity index (χ1n) is 6.78. The molecule has 1 heterocycles. The van der Waals surface area contributed by atoms with E-state index in [1.54, 1.807) is 24.3 Å². The highest BCUT2D eigenvalue weighted by atomic mass is 32.2. The lowest BCUT2D eigenvalue weighted by Crippen LogP contribution is -2.52. The first-order valence-corrected chi connectivity index (χ1v) is 8.42. The molecule has 4 nitrogen and oxygen atoms in total. The molecule has 21 heavy (non-hydrogen) atoms. The molecule has 6 heteroatoms. The van der Waals surface area contributed by atoms with Crippen molar-refractivity contribution in [3.05, 3.63) is 35.4 Å². The predicted molar refractivity (Wildman–Crippen MR) is 85.6 cm³/mol. The van der Waals surface area contributed by atoms with E-state index in [1.807, 2.05) is 6.26 Å². The van der Waals surface area contributed by atoms with E-state index in [-0.39, 0.29) is 18.4 Å². The molecule has 0 atom stereocenters. The van der Waals surface area contributed by atoms with Gasteiger partial charge in [-0.3, -0.25) is 14.5 Å². The molecule has 3 rings (SSSR count). The number of benzene rings is 1. The van der Waals surface area contributed by atoms with Crippen LogP contribution in [0.2, 0.25) is 0 Å². The molecule has 0 unspecified atom stereocenters. The molecule has 1 saturated carbocycles. The Morgan fingerprint density at radius 1 is 1.29 bits per heavy atom. The zero-order chi connectivity index (χ0) is 15.0. The summed E-state index contributed by atoms with van der Waals surface area (Å²) >= 11 is 6.49. The fourth-order valence-corrected chi connectivity index (χ4v) is 3.19. The van der Waals surface area contributed by atoms with E-state index >= 15 is 0 Å². The Morgan fingerprint density at radius 2 is 1.86 bits per heavy atom. The Morgan fingerprint density at radius 3 is 2.29 bits per heavy atom. The molecule has 0 N–H and O–H groups in total. The molecule has 0 bridgehead atoms. The van der Waals surface area contributed by atoms with Gasteiger partial charge in [-0.25, -0.2) is 0 Å². The second-order valence-corrected chi connectivity index (χ2v) is 6.74. The average Bonchev–Trinajstić information content (AvgIpc) is 2.70. The van der Waals surface area contributed by atoms with Crippen LogP contribution in [0, 0.1) is 0 Å². The number of carbonyl (C=O) groups excluding carboxylic acids is 2. The van der Waals surface area contributed by atoms with Gasteiger partial charge in [0.1, 0.15) is 5.60 Å². The predicted octanol–water partition coefficient (Wildman–Crippen LogP) is 2.87. The number of hydrogen-bond donors (Lipinski definition) is 0. The van der Waals surface area contributed by atoms with Gasteiger partial charge in [0, 0.05) is 0 Å². The number of nitrogens with zero attached hydrogens (tertiary/aromatic N) is 1. The van der Waals surface area contributed by atoms with Gasteiger partial charge in [-0.1, -0.05) is 23.9 Å². The molecule has 1 aliphatic heterocycles. The number of fused-ring (bicyclic) bond motifs is 1. The highest BCUT2D eigenvalue weighted by Crippen LogP contribution is 2.39. The monoisotopic (exact) mass is 321 g/mol. The Labute approximate surface area is 132 Å². The van der Waals surface area contributed by atoms with Gasteiger partial charge < -0.3 is 4.74 Å². The van der Waals surface area contributed by atoms with Crippen LogP contribution in [-0.4, -0.2) is 39.5 Å². The summed E-state index contributed by atoms with van der Waals surface area (Å²) in [6, 6.07) is 6.92. The lowest BCUT2D eigenvalue weighted by Gasteiger charge is -2.43. The number of carbonyl (C=O) groups is 2. The zero-order valence-electron chi connectivity index (χ0n) is 11.6. The van der Waals surface area contributed by atoms with Crippen LogP contribution in [0.3, 0.4) is 0 Å². The summed E-state index contributed by atoms with van der Waals surface area (Å²) in [5.74, 6) is -0.471. The molecule has 1 aliphatic carbocycles. The van der Waals surface area contributed by atoms with Crippen molar-refractivity contribution in [3.63, 3.8) is 0 Å². The largest absolute Gasteiger partial charge is 0.470 e. The van der Waals surface area contributed by atoms with Crippen LogP contribution in [0.5, 0.6) is 0 Å². The van der Waals surface area contributed by atoms with Gasteiger partial charge in [-0.15, -0.1) is 0 Å². The Hall–Kier alpha value is -1.40. The first kappa shape index (κ1) is 14.5. The lowest BCUT2D eigenvalue weighted by molar-refractivity contribution is -0.0311. The maximum atomic E-state index is 12.4. The fourth-order valence-electron chi connectivity index (χ4n) is 2.75. The summed E-state index contributed by atoms with van der Waals surface area (Å²) in [5, 5.41) is 0. The van der Waals surface area contributed by atoms with E-state index in [4.69, 9.17) is 17.0 Å². The van der Waals surface area contributed by atoms with Crippen molar-refractivity contribution in [2.75, 3.05) is 12.8 Å². The normalized spacial score (nSPS) is 19.2. The van der Waals surface area contributed by atoms with Crippen molar-refractivity contribution in [1.82, 2.24) is 4.90 Å². The highest BCUT2D eigenvalue weighted by molar-refractivity contribution is 8.22. The van der Waals surface area contributed by atoms with Gasteiger partial charge >= 0.3 is 0 Å². The van der Waals surface area contributed by atoms with E-state index in [2.05, 4.69) is 0 Å². The van der Waals surface area contributed by atoms with Crippen molar-refractivity contribution in [3.8, 4) is 0 Å². The molecule has 2 aliphatic rings. The number of rotatable bonds is 3.